The molecule has 3 nitrogen and oxygen atoms in total. The molecule has 19 heavy (non-hydrogen) atoms. The third-order valence-corrected chi connectivity index (χ3v) is 4.30. The number of esters is 1. The molecule has 102 valence electrons. The smallest absolute Gasteiger partial charge is 0.357 e. The van der Waals surface area contributed by atoms with Crippen LogP contribution in [0.1, 0.15) is 54.2 Å². The van der Waals surface area contributed by atoms with Crippen LogP contribution in [0.2, 0.25) is 0 Å². The van der Waals surface area contributed by atoms with Crippen LogP contribution in [0.15, 0.2) is 12.3 Å². The zero-order valence-electron chi connectivity index (χ0n) is 11.5. The normalized spacial score (nSPS) is 21.2. The van der Waals surface area contributed by atoms with Gasteiger partial charge in [0.2, 0.25) is 0 Å². The Labute approximate surface area is 114 Å². The Morgan fingerprint density at radius 3 is 2.84 bits per heavy atom. The molecule has 3 heteroatoms. The maximum Gasteiger partial charge on any atom is 0.357 e. The van der Waals surface area contributed by atoms with Crippen molar-refractivity contribution in [3.8, 4) is 0 Å². The van der Waals surface area contributed by atoms with Crippen LogP contribution in [0.5, 0.6) is 0 Å². The number of nitrogens with zero attached hydrogens (tertiary/aromatic N) is 1. The molecule has 1 aromatic rings. The van der Waals surface area contributed by atoms with Crippen molar-refractivity contribution in [2.45, 2.75) is 45.4 Å². The predicted molar refractivity (Wildman–Crippen MR) is 73.0 cm³/mol. The maximum absolute atomic E-state index is 11.9. The van der Waals surface area contributed by atoms with E-state index in [1.54, 1.807) is 6.20 Å². The molecule has 0 bridgehead atoms. The molecule has 2 aliphatic carbocycles. The average molecular weight is 259 g/mol. The number of carbonyl (C=O) groups excluding carboxylic acids is 1. The van der Waals surface area contributed by atoms with Gasteiger partial charge in [-0.05, 0) is 55.2 Å². The van der Waals surface area contributed by atoms with E-state index in [-0.39, 0.29) is 5.97 Å². The fraction of sp³-hybridized carbons (Fsp3) is 0.625. The Kier molecular flexibility index (Phi) is 3.54. The van der Waals surface area contributed by atoms with Crippen LogP contribution in [-0.2, 0) is 17.6 Å². The third kappa shape index (κ3) is 2.80. The van der Waals surface area contributed by atoms with Crippen LogP contribution in [0.4, 0.5) is 0 Å². The number of rotatable bonds is 5. The second-order valence-corrected chi connectivity index (χ2v) is 5.81. The first kappa shape index (κ1) is 12.6. The van der Waals surface area contributed by atoms with Crippen molar-refractivity contribution in [3.63, 3.8) is 0 Å². The summed E-state index contributed by atoms with van der Waals surface area (Å²) < 4.78 is 5.10. The molecule has 1 heterocycles. The molecule has 1 aromatic heterocycles. The zero-order chi connectivity index (χ0) is 13.2. The van der Waals surface area contributed by atoms with Crippen molar-refractivity contribution in [1.82, 2.24) is 4.98 Å². The van der Waals surface area contributed by atoms with Gasteiger partial charge in [0, 0.05) is 6.20 Å². The fourth-order valence-electron chi connectivity index (χ4n) is 3.08. The van der Waals surface area contributed by atoms with E-state index >= 15 is 0 Å². The van der Waals surface area contributed by atoms with Crippen molar-refractivity contribution < 1.29 is 9.53 Å². The minimum Gasteiger partial charge on any atom is -0.461 e. The van der Waals surface area contributed by atoms with Gasteiger partial charge in [-0.25, -0.2) is 9.78 Å². The lowest BCUT2D eigenvalue weighted by Crippen LogP contribution is -2.10. The van der Waals surface area contributed by atoms with E-state index < -0.39 is 0 Å². The molecule has 1 atom stereocenters. The first-order valence-electron chi connectivity index (χ1n) is 7.41. The molecule has 0 aromatic carbocycles. The molecule has 0 N–H and O–H groups in total. The molecule has 1 fully saturated rings. The van der Waals surface area contributed by atoms with Gasteiger partial charge in [0.15, 0.2) is 5.69 Å². The van der Waals surface area contributed by atoms with Gasteiger partial charge in [-0.3, -0.25) is 0 Å². The summed E-state index contributed by atoms with van der Waals surface area (Å²) in [5.74, 6) is 1.43. The first-order chi connectivity index (χ1) is 9.28. The second kappa shape index (κ2) is 5.32. The number of hydrogen-bond acceptors (Lipinski definition) is 3. The zero-order valence-corrected chi connectivity index (χ0v) is 11.5. The van der Waals surface area contributed by atoms with Crippen LogP contribution in [0.25, 0.3) is 0 Å². The van der Waals surface area contributed by atoms with Gasteiger partial charge < -0.3 is 4.74 Å². The summed E-state index contributed by atoms with van der Waals surface area (Å²) in [7, 11) is 0. The Hall–Kier alpha value is -1.38. The maximum atomic E-state index is 11.9. The van der Waals surface area contributed by atoms with Crippen LogP contribution in [0, 0.1) is 11.8 Å². The van der Waals surface area contributed by atoms with E-state index in [1.807, 2.05) is 6.92 Å². The highest BCUT2D eigenvalue weighted by Gasteiger charge is 2.29. The van der Waals surface area contributed by atoms with Gasteiger partial charge in [-0.1, -0.05) is 19.3 Å². The fourth-order valence-corrected chi connectivity index (χ4v) is 3.08. The van der Waals surface area contributed by atoms with Crippen molar-refractivity contribution in [3.05, 3.63) is 29.1 Å². The van der Waals surface area contributed by atoms with Crippen LogP contribution >= 0.6 is 0 Å². The highest BCUT2D eigenvalue weighted by Crippen LogP contribution is 2.38. The molecule has 2 aliphatic rings. The van der Waals surface area contributed by atoms with Crippen LogP contribution in [-0.4, -0.2) is 17.6 Å². The van der Waals surface area contributed by atoms with E-state index in [4.69, 9.17) is 4.74 Å². The summed E-state index contributed by atoms with van der Waals surface area (Å²) in [5.41, 5.74) is 2.99. The molecule has 0 saturated heterocycles. The largest absolute Gasteiger partial charge is 0.461 e. The molecule has 0 unspecified atom stereocenters. The molecule has 0 amide bonds. The standard InChI is InChI=1S/C16H21NO2/c1-2-19-16(18)15-14-10-12(6-5-11-3-4-11)9-13(14)7-8-17-15/h7-8,11-12H,2-6,9-10H2,1H3/t12-/m1/s1. The summed E-state index contributed by atoms with van der Waals surface area (Å²) >= 11 is 0. The van der Waals surface area contributed by atoms with Crippen molar-refractivity contribution in [2.24, 2.45) is 11.8 Å². The second-order valence-electron chi connectivity index (χ2n) is 5.81. The summed E-state index contributed by atoms with van der Waals surface area (Å²) in [6, 6.07) is 2.06. The highest BCUT2D eigenvalue weighted by atomic mass is 16.5. The number of aromatic nitrogens is 1. The van der Waals surface area contributed by atoms with E-state index in [2.05, 4.69) is 11.1 Å². The van der Waals surface area contributed by atoms with Crippen LogP contribution < -0.4 is 0 Å². The van der Waals surface area contributed by atoms with Gasteiger partial charge in [0.25, 0.3) is 0 Å². The predicted octanol–water partition coefficient (Wildman–Crippen LogP) is 3.16. The minimum absolute atomic E-state index is 0.262. The number of fused-ring (bicyclic) bond motifs is 1. The number of carbonyl (C=O) groups is 1. The SMILES string of the molecule is CCOC(=O)c1nccc2c1C[C@H](CCC1CC1)C2. The molecule has 0 spiro atoms. The summed E-state index contributed by atoms with van der Waals surface area (Å²) in [6.07, 6.45) is 9.36. The highest BCUT2D eigenvalue weighted by molar-refractivity contribution is 5.89. The van der Waals surface area contributed by atoms with E-state index in [0.717, 1.165) is 24.3 Å². The number of pyridine rings is 1. The topological polar surface area (TPSA) is 39.2 Å². The molecule has 3 rings (SSSR count). The molecule has 1 saturated carbocycles. The minimum atomic E-state index is -0.262. The van der Waals surface area contributed by atoms with E-state index in [0.29, 0.717) is 18.2 Å². The van der Waals surface area contributed by atoms with Crippen molar-refractivity contribution in [2.75, 3.05) is 6.61 Å². The van der Waals surface area contributed by atoms with Crippen LogP contribution in [0.3, 0.4) is 0 Å². The van der Waals surface area contributed by atoms with Gasteiger partial charge in [0.1, 0.15) is 0 Å². The van der Waals surface area contributed by atoms with Gasteiger partial charge in [-0.2, -0.15) is 0 Å². The van der Waals surface area contributed by atoms with Crippen molar-refractivity contribution >= 4 is 5.97 Å². The molecule has 0 radical (unpaired) electrons. The van der Waals surface area contributed by atoms with Gasteiger partial charge >= 0.3 is 5.97 Å². The molecular formula is C16H21NO2. The lowest BCUT2D eigenvalue weighted by atomic mass is 9.98. The van der Waals surface area contributed by atoms with Crippen molar-refractivity contribution in [1.29, 1.82) is 0 Å². The van der Waals surface area contributed by atoms with Gasteiger partial charge in [-0.15, -0.1) is 0 Å². The first-order valence-corrected chi connectivity index (χ1v) is 7.41. The Balaban J connectivity index is 1.70. The summed E-state index contributed by atoms with van der Waals surface area (Å²) in [5, 5.41) is 0. The number of hydrogen-bond donors (Lipinski definition) is 0. The molecule has 0 aliphatic heterocycles. The Morgan fingerprint density at radius 2 is 2.11 bits per heavy atom. The lowest BCUT2D eigenvalue weighted by Gasteiger charge is -2.08. The third-order valence-electron chi connectivity index (χ3n) is 4.30. The monoisotopic (exact) mass is 259 g/mol. The molecular weight excluding hydrogens is 238 g/mol. The quantitative estimate of drug-likeness (QED) is 0.762. The average Bonchev–Trinajstić information content (AvgIpc) is 3.14. The Morgan fingerprint density at radius 1 is 1.32 bits per heavy atom. The van der Waals surface area contributed by atoms with E-state index in [1.165, 1.54) is 31.2 Å². The number of ether oxygens (including phenoxy) is 1. The lowest BCUT2D eigenvalue weighted by molar-refractivity contribution is 0.0518. The van der Waals surface area contributed by atoms with E-state index in [9.17, 15) is 4.79 Å². The Bertz CT molecular complexity index is 480. The summed E-state index contributed by atoms with van der Waals surface area (Å²) in [4.78, 5) is 16.1. The summed E-state index contributed by atoms with van der Waals surface area (Å²) in [6.45, 7) is 2.24. The van der Waals surface area contributed by atoms with Gasteiger partial charge in [0.05, 0.1) is 6.61 Å².